The molecule has 0 spiro atoms. The highest BCUT2D eigenvalue weighted by atomic mass is 35.5. The molecule has 33 heavy (non-hydrogen) atoms. The first kappa shape index (κ1) is 22.2. The number of carbonyl (C=O) groups is 1. The molecule has 8 nitrogen and oxygen atoms in total. The van der Waals surface area contributed by atoms with E-state index in [0.717, 1.165) is 10.9 Å². The molecule has 1 heterocycles. The number of hydrogen-bond donors (Lipinski definition) is 2. The summed E-state index contributed by atoms with van der Waals surface area (Å²) in [5, 5.41) is 1.39. The van der Waals surface area contributed by atoms with Crippen molar-refractivity contribution in [1.82, 2.24) is 15.4 Å². The van der Waals surface area contributed by atoms with Gasteiger partial charge in [-0.15, -0.1) is 0 Å². The molecule has 4 rings (SSSR count). The topological polar surface area (TPSA) is 94.6 Å². The van der Waals surface area contributed by atoms with Crippen molar-refractivity contribution < 1.29 is 19.0 Å². The smallest absolute Gasteiger partial charge is 0.269 e. The highest BCUT2D eigenvalue weighted by molar-refractivity contribution is 6.31. The van der Waals surface area contributed by atoms with Gasteiger partial charge >= 0.3 is 0 Å². The number of anilines is 1. The van der Waals surface area contributed by atoms with Gasteiger partial charge in [-0.1, -0.05) is 41.9 Å². The van der Waals surface area contributed by atoms with Gasteiger partial charge in [-0.25, -0.2) is 9.97 Å². The van der Waals surface area contributed by atoms with Crippen molar-refractivity contribution in [2.45, 2.75) is 0 Å². The van der Waals surface area contributed by atoms with Gasteiger partial charge in [0.25, 0.3) is 5.91 Å². The number of nitrogens with one attached hydrogen (secondary N) is 2. The SMILES string of the molecule is COc1cc(C(=O)NNc2nc(-c3ccccc3)c3ccc(Cl)cc3n2)cc(OC)c1OC. The quantitative estimate of drug-likeness (QED) is 0.382. The summed E-state index contributed by atoms with van der Waals surface area (Å²) in [6.07, 6.45) is 0. The van der Waals surface area contributed by atoms with Gasteiger partial charge in [-0.3, -0.25) is 15.6 Å². The van der Waals surface area contributed by atoms with E-state index >= 15 is 0 Å². The molecule has 0 radical (unpaired) electrons. The van der Waals surface area contributed by atoms with Gasteiger partial charge in [0.2, 0.25) is 11.7 Å². The molecule has 0 saturated carbocycles. The van der Waals surface area contributed by atoms with Crippen LogP contribution in [0.4, 0.5) is 5.95 Å². The lowest BCUT2D eigenvalue weighted by Crippen LogP contribution is -2.30. The Bertz CT molecular complexity index is 1290. The molecule has 0 unspecified atom stereocenters. The van der Waals surface area contributed by atoms with Crippen LogP contribution in [0, 0.1) is 0 Å². The molecule has 0 fully saturated rings. The van der Waals surface area contributed by atoms with Crippen LogP contribution in [0.15, 0.2) is 60.7 Å². The van der Waals surface area contributed by atoms with Crippen molar-refractivity contribution in [3.05, 3.63) is 71.2 Å². The number of methoxy groups -OCH3 is 3. The Morgan fingerprint density at radius 2 is 1.58 bits per heavy atom. The van der Waals surface area contributed by atoms with E-state index in [1.54, 1.807) is 24.3 Å². The van der Waals surface area contributed by atoms with Crippen LogP contribution in [-0.2, 0) is 0 Å². The Labute approximate surface area is 195 Å². The number of amides is 1. The third-order valence-electron chi connectivity index (χ3n) is 4.92. The minimum atomic E-state index is -0.440. The number of nitrogens with zero attached hydrogens (tertiary/aromatic N) is 2. The molecule has 1 aromatic heterocycles. The summed E-state index contributed by atoms with van der Waals surface area (Å²) in [6.45, 7) is 0. The third kappa shape index (κ3) is 4.61. The zero-order chi connectivity index (χ0) is 23.4. The number of rotatable bonds is 7. The fourth-order valence-corrected chi connectivity index (χ4v) is 3.54. The van der Waals surface area contributed by atoms with Crippen molar-refractivity contribution in [2.24, 2.45) is 0 Å². The third-order valence-corrected chi connectivity index (χ3v) is 5.16. The number of benzene rings is 3. The highest BCUT2D eigenvalue weighted by Crippen LogP contribution is 2.38. The molecule has 2 N–H and O–H groups in total. The molecule has 0 aliphatic carbocycles. The molecule has 168 valence electrons. The van der Waals surface area contributed by atoms with Gasteiger partial charge in [0.15, 0.2) is 11.5 Å². The van der Waals surface area contributed by atoms with Gasteiger partial charge in [0.1, 0.15) is 0 Å². The molecule has 0 saturated heterocycles. The lowest BCUT2D eigenvalue weighted by Gasteiger charge is -2.15. The predicted molar refractivity (Wildman–Crippen MR) is 127 cm³/mol. The van der Waals surface area contributed by atoms with E-state index in [9.17, 15) is 4.79 Å². The second-order valence-corrected chi connectivity index (χ2v) is 7.35. The summed E-state index contributed by atoms with van der Waals surface area (Å²) >= 11 is 6.17. The second-order valence-electron chi connectivity index (χ2n) is 6.92. The summed E-state index contributed by atoms with van der Waals surface area (Å²) in [4.78, 5) is 21.9. The van der Waals surface area contributed by atoms with Crippen LogP contribution in [0.25, 0.3) is 22.2 Å². The van der Waals surface area contributed by atoms with E-state index in [-0.39, 0.29) is 5.95 Å². The molecule has 4 aromatic rings. The summed E-state index contributed by atoms with van der Waals surface area (Å²) in [6, 6.07) is 18.2. The van der Waals surface area contributed by atoms with Crippen LogP contribution in [0.2, 0.25) is 5.02 Å². The summed E-state index contributed by atoms with van der Waals surface area (Å²) in [5.41, 5.74) is 7.96. The zero-order valence-electron chi connectivity index (χ0n) is 18.2. The monoisotopic (exact) mass is 464 g/mol. The van der Waals surface area contributed by atoms with Crippen molar-refractivity contribution in [3.63, 3.8) is 0 Å². The van der Waals surface area contributed by atoms with E-state index in [0.29, 0.717) is 39.0 Å². The van der Waals surface area contributed by atoms with Gasteiger partial charge in [-0.2, -0.15) is 0 Å². The molecule has 0 aliphatic rings. The first-order valence-electron chi connectivity index (χ1n) is 9.93. The fourth-order valence-electron chi connectivity index (χ4n) is 3.37. The summed E-state index contributed by atoms with van der Waals surface area (Å²) in [5.74, 6) is 0.899. The number of fused-ring (bicyclic) bond motifs is 1. The minimum absolute atomic E-state index is 0.212. The molecular formula is C24H21ClN4O4. The first-order valence-corrected chi connectivity index (χ1v) is 10.3. The van der Waals surface area contributed by atoms with Crippen molar-refractivity contribution in [2.75, 3.05) is 26.8 Å². The summed E-state index contributed by atoms with van der Waals surface area (Å²) < 4.78 is 15.9. The molecule has 0 atom stereocenters. The lowest BCUT2D eigenvalue weighted by atomic mass is 10.1. The van der Waals surface area contributed by atoms with Crippen LogP contribution in [0.1, 0.15) is 10.4 Å². The van der Waals surface area contributed by atoms with Gasteiger partial charge in [0, 0.05) is 21.5 Å². The average Bonchev–Trinajstić information content (AvgIpc) is 2.85. The maximum atomic E-state index is 12.8. The van der Waals surface area contributed by atoms with Gasteiger partial charge < -0.3 is 14.2 Å². The Hall–Kier alpha value is -4.04. The maximum absolute atomic E-state index is 12.8. The van der Waals surface area contributed by atoms with Crippen molar-refractivity contribution in [1.29, 1.82) is 0 Å². The number of halogens is 1. The van der Waals surface area contributed by atoms with Crippen LogP contribution in [-0.4, -0.2) is 37.2 Å². The maximum Gasteiger partial charge on any atom is 0.269 e. The molecule has 0 aliphatic heterocycles. The Morgan fingerprint density at radius 1 is 0.879 bits per heavy atom. The van der Waals surface area contributed by atoms with E-state index in [1.165, 1.54) is 21.3 Å². The standard InChI is InChI=1S/C24H21ClN4O4/c1-31-19-11-15(12-20(32-2)22(19)33-3)23(30)28-29-24-26-18-13-16(25)9-10-17(18)21(27-24)14-7-5-4-6-8-14/h4-13H,1-3H3,(H,28,30)(H,26,27,29). The second kappa shape index (κ2) is 9.62. The predicted octanol–water partition coefficient (Wildman–Crippen LogP) is 4.73. The molecule has 0 bridgehead atoms. The van der Waals surface area contributed by atoms with E-state index in [4.69, 9.17) is 25.8 Å². The van der Waals surface area contributed by atoms with Crippen LogP contribution in [0.5, 0.6) is 17.2 Å². The molecule has 3 aromatic carbocycles. The zero-order valence-corrected chi connectivity index (χ0v) is 18.9. The fraction of sp³-hybridized carbons (Fsp3) is 0.125. The van der Waals surface area contributed by atoms with E-state index < -0.39 is 5.91 Å². The highest BCUT2D eigenvalue weighted by Gasteiger charge is 2.17. The van der Waals surface area contributed by atoms with E-state index in [2.05, 4.69) is 20.8 Å². The van der Waals surface area contributed by atoms with Crippen molar-refractivity contribution >= 4 is 34.4 Å². The van der Waals surface area contributed by atoms with E-state index in [1.807, 2.05) is 36.4 Å². The van der Waals surface area contributed by atoms with Crippen LogP contribution in [0.3, 0.4) is 0 Å². The Balaban J connectivity index is 1.65. The Kier molecular flexibility index (Phi) is 6.46. The van der Waals surface area contributed by atoms with Crippen molar-refractivity contribution in [3.8, 4) is 28.5 Å². The van der Waals surface area contributed by atoms with Gasteiger partial charge in [0.05, 0.1) is 32.5 Å². The summed E-state index contributed by atoms with van der Waals surface area (Å²) in [7, 11) is 4.46. The average molecular weight is 465 g/mol. The van der Waals surface area contributed by atoms with Crippen LogP contribution < -0.4 is 25.1 Å². The number of aromatic nitrogens is 2. The largest absolute Gasteiger partial charge is 0.493 e. The number of carbonyl (C=O) groups excluding carboxylic acids is 1. The number of hydrazine groups is 1. The van der Waals surface area contributed by atoms with Crippen LogP contribution >= 0.6 is 11.6 Å². The normalized spacial score (nSPS) is 10.5. The molecule has 9 heteroatoms. The lowest BCUT2D eigenvalue weighted by molar-refractivity contribution is 0.0961. The minimum Gasteiger partial charge on any atom is -0.493 e. The van der Waals surface area contributed by atoms with Gasteiger partial charge in [-0.05, 0) is 30.3 Å². The molecule has 1 amide bonds. The number of hydrogen-bond acceptors (Lipinski definition) is 7. The molecular weight excluding hydrogens is 444 g/mol. The Morgan fingerprint density at radius 3 is 2.21 bits per heavy atom. The first-order chi connectivity index (χ1) is 16.0. The number of ether oxygens (including phenoxy) is 3.